The number of aliphatic hydroxyl groups excluding tert-OH is 2. The van der Waals surface area contributed by atoms with Crippen molar-refractivity contribution in [3.8, 4) is 0 Å². The van der Waals surface area contributed by atoms with Crippen molar-refractivity contribution in [2.45, 2.75) is 341 Å². The highest BCUT2D eigenvalue weighted by Gasteiger charge is 2.20. The molecule has 4 nitrogen and oxygen atoms in total. The van der Waals surface area contributed by atoms with Crippen LogP contribution >= 0.6 is 0 Å². The van der Waals surface area contributed by atoms with E-state index in [0.29, 0.717) is 12.8 Å². The van der Waals surface area contributed by atoms with Gasteiger partial charge in [0.15, 0.2) is 0 Å². The van der Waals surface area contributed by atoms with E-state index in [4.69, 9.17) is 0 Å². The Bertz CT molecular complexity index is 916. The van der Waals surface area contributed by atoms with Gasteiger partial charge in [-0.05, 0) is 44.9 Å². The van der Waals surface area contributed by atoms with Gasteiger partial charge in [-0.25, -0.2) is 0 Å². The van der Waals surface area contributed by atoms with E-state index in [1.165, 1.54) is 270 Å². The molecule has 0 rings (SSSR count). The zero-order valence-electron chi connectivity index (χ0n) is 43.1. The van der Waals surface area contributed by atoms with Crippen LogP contribution < -0.4 is 5.32 Å². The largest absolute Gasteiger partial charge is 0.394 e. The minimum absolute atomic E-state index is 0.0268. The van der Waals surface area contributed by atoms with Gasteiger partial charge in [0.2, 0.25) is 5.91 Å². The predicted molar refractivity (Wildman–Crippen MR) is 281 cm³/mol. The van der Waals surface area contributed by atoms with Crippen LogP contribution in [0.2, 0.25) is 0 Å². The average molecular weight is 887 g/mol. The van der Waals surface area contributed by atoms with Gasteiger partial charge in [0.25, 0.3) is 0 Å². The van der Waals surface area contributed by atoms with Crippen molar-refractivity contribution in [1.82, 2.24) is 5.32 Å². The van der Waals surface area contributed by atoms with Gasteiger partial charge in [-0.1, -0.05) is 301 Å². The van der Waals surface area contributed by atoms with E-state index in [2.05, 4.69) is 43.5 Å². The van der Waals surface area contributed by atoms with Crippen molar-refractivity contribution in [1.29, 1.82) is 0 Å². The highest BCUT2D eigenvalue weighted by atomic mass is 16.3. The summed E-state index contributed by atoms with van der Waals surface area (Å²) in [4.78, 5) is 12.5. The molecule has 0 saturated heterocycles. The molecule has 0 aliphatic carbocycles. The fourth-order valence-corrected chi connectivity index (χ4v) is 9.28. The molecule has 0 fully saturated rings. The number of amides is 1. The van der Waals surface area contributed by atoms with Crippen LogP contribution in [0.1, 0.15) is 328 Å². The molecule has 0 saturated carbocycles. The Morgan fingerprint density at radius 1 is 0.381 bits per heavy atom. The number of rotatable bonds is 54. The van der Waals surface area contributed by atoms with Crippen LogP contribution in [-0.2, 0) is 4.79 Å². The molecular weight excluding hydrogens is 771 g/mol. The molecule has 0 aromatic heterocycles. The smallest absolute Gasteiger partial charge is 0.220 e. The first-order valence-corrected chi connectivity index (χ1v) is 29.0. The molecule has 0 aromatic carbocycles. The number of carbonyl (C=O) groups is 1. The zero-order valence-corrected chi connectivity index (χ0v) is 43.1. The maximum absolute atomic E-state index is 12.5. The zero-order chi connectivity index (χ0) is 45.6. The first kappa shape index (κ1) is 61.9. The molecule has 2 atom stereocenters. The minimum Gasteiger partial charge on any atom is -0.394 e. The van der Waals surface area contributed by atoms with Gasteiger partial charge < -0.3 is 15.5 Å². The van der Waals surface area contributed by atoms with E-state index < -0.39 is 12.1 Å². The fraction of sp³-hybridized carbons (Fsp3) is 0.915. The van der Waals surface area contributed by atoms with Gasteiger partial charge in [-0.2, -0.15) is 0 Å². The van der Waals surface area contributed by atoms with Gasteiger partial charge in [0.05, 0.1) is 18.8 Å². The van der Waals surface area contributed by atoms with Crippen molar-refractivity contribution in [3.05, 3.63) is 24.3 Å². The summed E-state index contributed by atoms with van der Waals surface area (Å²) in [5, 5.41) is 23.4. The van der Waals surface area contributed by atoms with Crippen LogP contribution in [0.15, 0.2) is 24.3 Å². The number of carbonyl (C=O) groups excluding carboxylic acids is 1. The molecule has 4 heteroatoms. The van der Waals surface area contributed by atoms with Crippen molar-refractivity contribution >= 4 is 5.91 Å². The molecule has 0 bridgehead atoms. The quantitative estimate of drug-likeness (QED) is 0.0421. The molecule has 3 N–H and O–H groups in total. The second-order valence-electron chi connectivity index (χ2n) is 20.1. The molecule has 1 amide bonds. The van der Waals surface area contributed by atoms with Gasteiger partial charge in [-0.3, -0.25) is 4.79 Å². The van der Waals surface area contributed by atoms with Crippen molar-refractivity contribution in [2.24, 2.45) is 0 Å². The summed E-state index contributed by atoms with van der Waals surface area (Å²) >= 11 is 0. The van der Waals surface area contributed by atoms with E-state index in [1.54, 1.807) is 0 Å². The van der Waals surface area contributed by atoms with Gasteiger partial charge >= 0.3 is 0 Å². The molecule has 63 heavy (non-hydrogen) atoms. The van der Waals surface area contributed by atoms with Crippen LogP contribution in [-0.4, -0.2) is 34.9 Å². The summed E-state index contributed by atoms with van der Waals surface area (Å²) in [6.45, 7) is 4.39. The second kappa shape index (κ2) is 55.2. The van der Waals surface area contributed by atoms with Gasteiger partial charge in [0.1, 0.15) is 0 Å². The topological polar surface area (TPSA) is 69.6 Å². The first-order chi connectivity index (χ1) is 31.2. The third kappa shape index (κ3) is 51.7. The predicted octanol–water partition coefficient (Wildman–Crippen LogP) is 19.1. The number of hydrogen-bond acceptors (Lipinski definition) is 3. The molecule has 2 unspecified atom stereocenters. The normalized spacial score (nSPS) is 12.9. The van der Waals surface area contributed by atoms with Crippen molar-refractivity contribution in [2.75, 3.05) is 6.61 Å². The van der Waals surface area contributed by atoms with E-state index in [0.717, 1.165) is 32.1 Å². The summed E-state index contributed by atoms with van der Waals surface area (Å²) < 4.78 is 0. The minimum atomic E-state index is -0.659. The Morgan fingerprint density at radius 3 is 0.952 bits per heavy atom. The molecule has 0 spiro atoms. The Kier molecular flexibility index (Phi) is 54.2. The highest BCUT2D eigenvalue weighted by molar-refractivity contribution is 5.76. The summed E-state index contributed by atoms with van der Waals surface area (Å²) in [6, 6.07) is -0.536. The van der Waals surface area contributed by atoms with Crippen LogP contribution in [0.5, 0.6) is 0 Å². The summed E-state index contributed by atoms with van der Waals surface area (Å²) in [5.74, 6) is -0.0268. The summed E-state index contributed by atoms with van der Waals surface area (Å²) in [6.07, 6.45) is 73.1. The lowest BCUT2D eigenvalue weighted by atomic mass is 10.0. The molecule has 0 heterocycles. The molecular formula is C59H115NO3. The van der Waals surface area contributed by atoms with Crippen LogP contribution in [0.4, 0.5) is 0 Å². The van der Waals surface area contributed by atoms with Gasteiger partial charge in [0, 0.05) is 6.42 Å². The van der Waals surface area contributed by atoms with Crippen molar-refractivity contribution in [3.63, 3.8) is 0 Å². The number of allylic oxidation sites excluding steroid dienone is 4. The number of hydrogen-bond donors (Lipinski definition) is 3. The molecule has 0 aliphatic heterocycles. The van der Waals surface area contributed by atoms with Crippen molar-refractivity contribution < 1.29 is 15.0 Å². The molecule has 0 aliphatic rings. The van der Waals surface area contributed by atoms with E-state index in [1.807, 2.05) is 0 Å². The van der Waals surface area contributed by atoms with Crippen LogP contribution in [0.25, 0.3) is 0 Å². The molecule has 0 aromatic rings. The maximum atomic E-state index is 12.5. The summed E-state index contributed by atoms with van der Waals surface area (Å²) in [5.41, 5.74) is 0. The Hall–Kier alpha value is -1.13. The van der Waals surface area contributed by atoms with E-state index >= 15 is 0 Å². The molecule has 0 radical (unpaired) electrons. The standard InChI is InChI=1S/C59H115NO3/c1-3-5-7-9-11-13-15-17-19-21-23-25-27-29-31-32-34-36-38-40-42-44-46-48-50-52-54-58(62)57(56-61)60-59(63)55-53-51-49-47-45-43-41-39-37-35-33-30-28-26-24-22-20-18-16-14-12-10-8-6-4-2/h16,18,22,24,57-58,61-62H,3-15,17,19-21,23,25-56H2,1-2H3,(H,60,63)/b18-16-,24-22-. The van der Waals surface area contributed by atoms with E-state index in [9.17, 15) is 15.0 Å². The number of aliphatic hydroxyl groups is 2. The third-order valence-corrected chi connectivity index (χ3v) is 13.7. The third-order valence-electron chi connectivity index (χ3n) is 13.7. The maximum Gasteiger partial charge on any atom is 0.220 e. The monoisotopic (exact) mass is 886 g/mol. The average Bonchev–Trinajstić information content (AvgIpc) is 3.29. The Labute approximate surface area is 396 Å². The first-order valence-electron chi connectivity index (χ1n) is 29.0. The SMILES string of the molecule is CCCCCCC/C=C\C/C=C\CCCCCCCCCCCCCCCC(=O)NC(CO)C(O)CCCCCCCCCCCCCCCCCCCCCCCCCCCC. The number of unbranched alkanes of at least 4 members (excludes halogenated alkanes) is 43. The number of nitrogens with one attached hydrogen (secondary N) is 1. The Morgan fingerprint density at radius 2 is 0.651 bits per heavy atom. The summed E-state index contributed by atoms with van der Waals surface area (Å²) in [7, 11) is 0. The second-order valence-corrected chi connectivity index (χ2v) is 20.1. The lowest BCUT2D eigenvalue weighted by molar-refractivity contribution is -0.123. The Balaban J connectivity index is 3.43. The lowest BCUT2D eigenvalue weighted by Crippen LogP contribution is -2.45. The lowest BCUT2D eigenvalue weighted by Gasteiger charge is -2.22. The fourth-order valence-electron chi connectivity index (χ4n) is 9.28. The van der Waals surface area contributed by atoms with Crippen LogP contribution in [0, 0.1) is 0 Å². The van der Waals surface area contributed by atoms with Crippen LogP contribution in [0.3, 0.4) is 0 Å². The highest BCUT2D eigenvalue weighted by Crippen LogP contribution is 2.18. The molecule has 374 valence electrons. The van der Waals surface area contributed by atoms with Gasteiger partial charge in [-0.15, -0.1) is 0 Å². The van der Waals surface area contributed by atoms with E-state index in [-0.39, 0.29) is 12.5 Å².